The molecule has 2 aromatic rings. The van der Waals surface area contributed by atoms with Crippen molar-refractivity contribution >= 4 is 22.7 Å². The zero-order valence-electron chi connectivity index (χ0n) is 11.7. The van der Waals surface area contributed by atoms with E-state index in [-0.39, 0.29) is 11.8 Å². The van der Waals surface area contributed by atoms with Gasteiger partial charge in [0.2, 0.25) is 5.91 Å². The number of oxazole rings is 1. The summed E-state index contributed by atoms with van der Waals surface area (Å²) >= 11 is 0. The number of nitrogens with zero attached hydrogens (tertiary/aromatic N) is 1. The van der Waals surface area contributed by atoms with Crippen LogP contribution in [0.15, 0.2) is 22.6 Å². The molecule has 6 nitrogen and oxygen atoms in total. The third-order valence-electron chi connectivity index (χ3n) is 3.02. The lowest BCUT2D eigenvalue weighted by Gasteiger charge is -2.09. The first-order valence-corrected chi connectivity index (χ1v) is 6.53. The van der Waals surface area contributed by atoms with Crippen LogP contribution in [0.5, 0.6) is 0 Å². The van der Waals surface area contributed by atoms with Crippen LogP contribution in [0.1, 0.15) is 12.8 Å². The van der Waals surface area contributed by atoms with E-state index < -0.39 is 0 Å². The average molecular weight is 277 g/mol. The van der Waals surface area contributed by atoms with Crippen LogP contribution in [0.2, 0.25) is 0 Å². The smallest absolute Gasteiger partial charge is 0.228 e. The highest BCUT2D eigenvalue weighted by Crippen LogP contribution is 2.20. The summed E-state index contributed by atoms with van der Waals surface area (Å²) in [7, 11) is 1.63. The number of methoxy groups -OCH3 is 1. The Morgan fingerprint density at radius 2 is 2.35 bits per heavy atom. The largest absolute Gasteiger partial charge is 0.441 e. The second-order valence-corrected chi connectivity index (χ2v) is 4.66. The van der Waals surface area contributed by atoms with Crippen LogP contribution in [-0.4, -0.2) is 31.2 Å². The van der Waals surface area contributed by atoms with E-state index in [4.69, 9.17) is 14.9 Å². The fourth-order valence-corrected chi connectivity index (χ4v) is 1.72. The zero-order chi connectivity index (χ0) is 14.5. The number of amides is 1. The maximum Gasteiger partial charge on any atom is 0.228 e. The molecule has 0 aliphatic carbocycles. The number of carbonyl (C=O) groups excluding carboxylic acids is 1. The molecule has 2 rings (SSSR count). The van der Waals surface area contributed by atoms with Crippen molar-refractivity contribution in [1.82, 2.24) is 4.98 Å². The van der Waals surface area contributed by atoms with Gasteiger partial charge in [0, 0.05) is 31.7 Å². The second-order valence-electron chi connectivity index (χ2n) is 4.66. The van der Waals surface area contributed by atoms with Gasteiger partial charge in [-0.15, -0.1) is 0 Å². The summed E-state index contributed by atoms with van der Waals surface area (Å²) in [6, 6.07) is 5.37. The number of nitrogens with two attached hydrogens (primary N) is 1. The van der Waals surface area contributed by atoms with Crippen molar-refractivity contribution in [2.75, 3.05) is 25.6 Å². The van der Waals surface area contributed by atoms with Gasteiger partial charge in [-0.1, -0.05) is 6.92 Å². The minimum atomic E-state index is -0.222. The molecule has 0 fully saturated rings. The van der Waals surface area contributed by atoms with Crippen molar-refractivity contribution in [1.29, 1.82) is 0 Å². The molecule has 6 heteroatoms. The summed E-state index contributed by atoms with van der Waals surface area (Å²) < 4.78 is 10.6. The standard InChI is InChI=1S/C14H19N3O3/c1-9(8-15)14(18)16-10-3-4-12-11(7-10)17-13(20-12)5-6-19-2/h3-4,7,9H,5-6,8,15H2,1-2H3,(H,16,18). The molecule has 1 aromatic heterocycles. The topological polar surface area (TPSA) is 90.4 Å². The first-order chi connectivity index (χ1) is 9.63. The van der Waals surface area contributed by atoms with E-state index in [9.17, 15) is 4.79 Å². The fraction of sp³-hybridized carbons (Fsp3) is 0.429. The molecule has 1 atom stereocenters. The Morgan fingerprint density at radius 1 is 1.55 bits per heavy atom. The van der Waals surface area contributed by atoms with Gasteiger partial charge in [0.15, 0.2) is 11.5 Å². The van der Waals surface area contributed by atoms with Crippen molar-refractivity contribution in [3.05, 3.63) is 24.1 Å². The summed E-state index contributed by atoms with van der Waals surface area (Å²) in [5.41, 5.74) is 7.57. The molecule has 1 amide bonds. The van der Waals surface area contributed by atoms with Crippen LogP contribution in [0, 0.1) is 5.92 Å². The van der Waals surface area contributed by atoms with Crippen LogP contribution in [0.3, 0.4) is 0 Å². The van der Waals surface area contributed by atoms with E-state index in [1.807, 2.05) is 0 Å². The van der Waals surface area contributed by atoms with Gasteiger partial charge in [-0.25, -0.2) is 4.98 Å². The van der Waals surface area contributed by atoms with Crippen molar-refractivity contribution in [3.8, 4) is 0 Å². The molecule has 1 aromatic carbocycles. The number of carbonyl (C=O) groups is 1. The molecule has 1 heterocycles. The molecule has 0 radical (unpaired) electrons. The van der Waals surface area contributed by atoms with E-state index in [0.29, 0.717) is 42.3 Å². The van der Waals surface area contributed by atoms with Gasteiger partial charge in [0.25, 0.3) is 0 Å². The van der Waals surface area contributed by atoms with Crippen LogP contribution in [0.4, 0.5) is 5.69 Å². The Hall–Kier alpha value is -1.92. The number of hydrogen-bond donors (Lipinski definition) is 2. The van der Waals surface area contributed by atoms with E-state index in [1.54, 1.807) is 32.2 Å². The molecule has 0 saturated carbocycles. The maximum absolute atomic E-state index is 11.8. The molecule has 108 valence electrons. The molecule has 3 N–H and O–H groups in total. The third kappa shape index (κ3) is 3.34. The quantitative estimate of drug-likeness (QED) is 0.836. The lowest BCUT2D eigenvalue weighted by atomic mass is 10.1. The van der Waals surface area contributed by atoms with Gasteiger partial charge in [-0.2, -0.15) is 0 Å². The minimum absolute atomic E-state index is 0.102. The zero-order valence-corrected chi connectivity index (χ0v) is 11.7. The highest BCUT2D eigenvalue weighted by atomic mass is 16.5. The van der Waals surface area contributed by atoms with Crippen molar-refractivity contribution in [3.63, 3.8) is 0 Å². The molecule has 1 unspecified atom stereocenters. The number of anilines is 1. The van der Waals surface area contributed by atoms with E-state index in [2.05, 4.69) is 10.3 Å². The number of rotatable bonds is 6. The molecule has 0 bridgehead atoms. The third-order valence-corrected chi connectivity index (χ3v) is 3.02. The summed E-state index contributed by atoms with van der Waals surface area (Å²) in [6.45, 7) is 2.66. The molecule has 0 aliphatic rings. The lowest BCUT2D eigenvalue weighted by molar-refractivity contribution is -0.119. The van der Waals surface area contributed by atoms with Gasteiger partial charge in [0.1, 0.15) is 5.52 Å². The first kappa shape index (κ1) is 14.5. The van der Waals surface area contributed by atoms with Crippen molar-refractivity contribution in [2.45, 2.75) is 13.3 Å². The Morgan fingerprint density at radius 3 is 3.05 bits per heavy atom. The summed E-state index contributed by atoms with van der Waals surface area (Å²) in [4.78, 5) is 16.1. The van der Waals surface area contributed by atoms with Gasteiger partial charge >= 0.3 is 0 Å². The van der Waals surface area contributed by atoms with Gasteiger partial charge in [-0.05, 0) is 18.2 Å². The van der Waals surface area contributed by atoms with Crippen LogP contribution in [0.25, 0.3) is 11.1 Å². The van der Waals surface area contributed by atoms with Crippen molar-refractivity contribution < 1.29 is 13.9 Å². The Bertz CT molecular complexity index is 594. The summed E-state index contributed by atoms with van der Waals surface area (Å²) in [6.07, 6.45) is 0.622. The van der Waals surface area contributed by atoms with Crippen molar-refractivity contribution in [2.24, 2.45) is 11.7 Å². The summed E-state index contributed by atoms with van der Waals surface area (Å²) in [5.74, 6) is 0.302. The monoisotopic (exact) mass is 277 g/mol. The van der Waals surface area contributed by atoms with E-state index >= 15 is 0 Å². The molecule has 0 spiro atoms. The molecule has 20 heavy (non-hydrogen) atoms. The SMILES string of the molecule is COCCc1nc2cc(NC(=O)C(C)CN)ccc2o1. The van der Waals surface area contributed by atoms with Crippen LogP contribution in [-0.2, 0) is 16.0 Å². The van der Waals surface area contributed by atoms with Gasteiger partial charge < -0.3 is 20.2 Å². The minimum Gasteiger partial charge on any atom is -0.441 e. The number of hydrogen-bond acceptors (Lipinski definition) is 5. The Balaban J connectivity index is 2.14. The Labute approximate surface area is 117 Å². The number of aromatic nitrogens is 1. The number of ether oxygens (including phenoxy) is 1. The van der Waals surface area contributed by atoms with Gasteiger partial charge in [0.05, 0.1) is 6.61 Å². The predicted molar refractivity (Wildman–Crippen MR) is 76.4 cm³/mol. The number of benzene rings is 1. The molecule has 0 aliphatic heterocycles. The highest BCUT2D eigenvalue weighted by Gasteiger charge is 2.12. The maximum atomic E-state index is 11.8. The second kappa shape index (κ2) is 6.49. The van der Waals surface area contributed by atoms with E-state index in [1.165, 1.54) is 0 Å². The summed E-state index contributed by atoms with van der Waals surface area (Å²) in [5, 5.41) is 2.81. The van der Waals surface area contributed by atoms with Crippen LogP contribution < -0.4 is 11.1 Å². The number of fused-ring (bicyclic) bond motifs is 1. The van der Waals surface area contributed by atoms with Gasteiger partial charge in [-0.3, -0.25) is 4.79 Å². The Kier molecular flexibility index (Phi) is 4.70. The first-order valence-electron chi connectivity index (χ1n) is 6.53. The molecule has 0 saturated heterocycles. The predicted octanol–water partition coefficient (Wildman–Crippen LogP) is 1.55. The fourth-order valence-electron chi connectivity index (χ4n) is 1.72. The average Bonchev–Trinajstić information content (AvgIpc) is 2.86. The highest BCUT2D eigenvalue weighted by molar-refractivity contribution is 5.94. The molecular formula is C14H19N3O3. The normalized spacial score (nSPS) is 12.6. The number of nitrogens with one attached hydrogen (secondary N) is 1. The molecular weight excluding hydrogens is 258 g/mol. The van der Waals surface area contributed by atoms with Crippen LogP contribution >= 0.6 is 0 Å². The van der Waals surface area contributed by atoms with E-state index in [0.717, 1.165) is 0 Å². The lowest BCUT2D eigenvalue weighted by Crippen LogP contribution is -2.26.